The number of anilines is 1. The van der Waals surface area contributed by atoms with Gasteiger partial charge in [0.25, 0.3) is 0 Å². The van der Waals surface area contributed by atoms with Gasteiger partial charge in [-0.1, -0.05) is 30.7 Å². The van der Waals surface area contributed by atoms with E-state index in [2.05, 4.69) is 5.32 Å². The fraction of sp³-hybridized carbons (Fsp3) is 0.318. The molecule has 0 bridgehead atoms. The molecule has 6 nitrogen and oxygen atoms in total. The summed E-state index contributed by atoms with van der Waals surface area (Å²) in [6.45, 7) is 3.01. The van der Waals surface area contributed by atoms with Crippen molar-refractivity contribution in [2.45, 2.75) is 31.1 Å². The fourth-order valence-corrected chi connectivity index (χ4v) is 4.86. The van der Waals surface area contributed by atoms with Crippen molar-refractivity contribution in [3.63, 3.8) is 0 Å². The maximum atomic E-state index is 12.9. The average molecular weight is 415 g/mol. The van der Waals surface area contributed by atoms with E-state index in [4.69, 9.17) is 4.74 Å². The Hall–Kier alpha value is -2.64. The van der Waals surface area contributed by atoms with Crippen LogP contribution in [-0.2, 0) is 14.8 Å². The standard InChI is InChI=1S/C22H26N2O4S/c1-17-8-4-5-9-18(17)10-13-22(25)23-20-16-19(11-12-21(20)28-2)29(26,27)24-14-6-3-7-15-24/h4-5,8-13,16H,3,6-7,14-15H2,1-2H3,(H,23,25)/b13-10+. The average Bonchev–Trinajstić information content (AvgIpc) is 2.73. The fourth-order valence-electron chi connectivity index (χ4n) is 3.31. The van der Waals surface area contributed by atoms with Crippen LogP contribution in [0.5, 0.6) is 5.75 Å². The molecule has 2 aromatic carbocycles. The lowest BCUT2D eigenvalue weighted by atomic mass is 10.1. The molecule has 1 aliphatic rings. The zero-order chi connectivity index (χ0) is 20.9. The van der Waals surface area contributed by atoms with Crippen molar-refractivity contribution < 1.29 is 17.9 Å². The predicted octanol–water partition coefficient (Wildman–Crippen LogP) is 3.83. The SMILES string of the molecule is COc1ccc(S(=O)(=O)N2CCCCC2)cc1NC(=O)/C=C/c1ccccc1C. The summed E-state index contributed by atoms with van der Waals surface area (Å²) in [6, 6.07) is 12.3. The van der Waals surface area contributed by atoms with Crippen molar-refractivity contribution in [1.29, 1.82) is 0 Å². The molecule has 1 aliphatic heterocycles. The zero-order valence-electron chi connectivity index (χ0n) is 16.7. The van der Waals surface area contributed by atoms with Crippen LogP contribution < -0.4 is 10.1 Å². The largest absolute Gasteiger partial charge is 0.495 e. The Bertz CT molecular complexity index is 1010. The molecule has 0 radical (unpaired) electrons. The summed E-state index contributed by atoms with van der Waals surface area (Å²) < 4.78 is 32.7. The molecule has 0 atom stereocenters. The Morgan fingerprint density at radius 2 is 1.83 bits per heavy atom. The minimum Gasteiger partial charge on any atom is -0.495 e. The van der Waals surface area contributed by atoms with Crippen LogP contribution in [0.1, 0.15) is 30.4 Å². The van der Waals surface area contributed by atoms with Gasteiger partial charge in [0.1, 0.15) is 5.75 Å². The third-order valence-corrected chi connectivity index (χ3v) is 6.88. The van der Waals surface area contributed by atoms with Crippen molar-refractivity contribution in [3.8, 4) is 5.75 Å². The summed E-state index contributed by atoms with van der Waals surface area (Å²) in [4.78, 5) is 12.6. The number of ether oxygens (including phenoxy) is 1. The van der Waals surface area contributed by atoms with E-state index in [0.29, 0.717) is 24.5 Å². The Kier molecular flexibility index (Phi) is 6.71. The minimum absolute atomic E-state index is 0.151. The van der Waals surface area contributed by atoms with E-state index in [0.717, 1.165) is 30.4 Å². The number of methoxy groups -OCH3 is 1. The topological polar surface area (TPSA) is 75.7 Å². The van der Waals surface area contributed by atoms with Crippen LogP contribution in [0.3, 0.4) is 0 Å². The first-order valence-corrected chi connectivity index (χ1v) is 11.1. The predicted molar refractivity (Wildman–Crippen MR) is 114 cm³/mol. The molecule has 0 aromatic heterocycles. The lowest BCUT2D eigenvalue weighted by Gasteiger charge is -2.26. The number of hydrogen-bond acceptors (Lipinski definition) is 4. The molecule has 7 heteroatoms. The molecule has 1 heterocycles. The molecule has 1 N–H and O–H groups in total. The third-order valence-electron chi connectivity index (χ3n) is 4.98. The van der Waals surface area contributed by atoms with Crippen LogP contribution in [0.4, 0.5) is 5.69 Å². The summed E-state index contributed by atoms with van der Waals surface area (Å²) in [5.41, 5.74) is 2.32. The first-order valence-electron chi connectivity index (χ1n) is 9.65. The van der Waals surface area contributed by atoms with E-state index < -0.39 is 10.0 Å². The van der Waals surface area contributed by atoms with Gasteiger partial charge in [0.15, 0.2) is 0 Å². The molecular formula is C22H26N2O4S. The highest BCUT2D eigenvalue weighted by Gasteiger charge is 2.26. The van der Waals surface area contributed by atoms with Crippen LogP contribution in [-0.4, -0.2) is 38.8 Å². The van der Waals surface area contributed by atoms with Gasteiger partial charge in [-0.25, -0.2) is 8.42 Å². The zero-order valence-corrected chi connectivity index (χ0v) is 17.5. The highest BCUT2D eigenvalue weighted by Crippen LogP contribution is 2.30. The van der Waals surface area contributed by atoms with E-state index in [1.165, 1.54) is 29.6 Å². The smallest absolute Gasteiger partial charge is 0.248 e. The van der Waals surface area contributed by atoms with Gasteiger partial charge in [-0.3, -0.25) is 4.79 Å². The van der Waals surface area contributed by atoms with Gasteiger partial charge in [0.05, 0.1) is 17.7 Å². The van der Waals surface area contributed by atoms with Gasteiger partial charge in [0, 0.05) is 19.2 Å². The third kappa shape index (κ3) is 5.05. The van der Waals surface area contributed by atoms with E-state index in [1.807, 2.05) is 31.2 Å². The molecule has 1 fully saturated rings. The van der Waals surface area contributed by atoms with Gasteiger partial charge in [-0.05, 0) is 55.2 Å². The molecule has 1 amide bonds. The second kappa shape index (κ2) is 9.24. The Morgan fingerprint density at radius 1 is 1.10 bits per heavy atom. The highest BCUT2D eigenvalue weighted by molar-refractivity contribution is 7.89. The molecule has 0 spiro atoms. The van der Waals surface area contributed by atoms with Crippen molar-refractivity contribution >= 4 is 27.7 Å². The number of rotatable bonds is 6. The number of nitrogens with zero attached hydrogens (tertiary/aromatic N) is 1. The first-order chi connectivity index (χ1) is 13.9. The van der Waals surface area contributed by atoms with Crippen molar-refractivity contribution in [2.24, 2.45) is 0 Å². The maximum absolute atomic E-state index is 12.9. The summed E-state index contributed by atoms with van der Waals surface area (Å²) in [5.74, 6) is 0.0410. The Labute approximate surface area is 172 Å². The van der Waals surface area contributed by atoms with Gasteiger partial charge >= 0.3 is 0 Å². The lowest BCUT2D eigenvalue weighted by molar-refractivity contribution is -0.111. The summed E-state index contributed by atoms with van der Waals surface area (Å²) in [5, 5.41) is 2.73. The van der Waals surface area contributed by atoms with E-state index in [9.17, 15) is 13.2 Å². The number of carbonyl (C=O) groups excluding carboxylic acids is 1. The van der Waals surface area contributed by atoms with Crippen molar-refractivity contribution in [2.75, 3.05) is 25.5 Å². The second-order valence-corrected chi connectivity index (χ2v) is 8.94. The monoisotopic (exact) mass is 414 g/mol. The van der Waals surface area contributed by atoms with Crippen LogP contribution in [0.15, 0.2) is 53.4 Å². The molecule has 1 saturated heterocycles. The maximum Gasteiger partial charge on any atom is 0.248 e. The van der Waals surface area contributed by atoms with Crippen molar-refractivity contribution in [3.05, 3.63) is 59.7 Å². The van der Waals surface area contributed by atoms with Crippen molar-refractivity contribution in [1.82, 2.24) is 4.31 Å². The van der Waals surface area contributed by atoms with Gasteiger partial charge in [0.2, 0.25) is 15.9 Å². The van der Waals surface area contributed by atoms with Crippen LogP contribution in [0.2, 0.25) is 0 Å². The van der Waals surface area contributed by atoms with Crippen LogP contribution >= 0.6 is 0 Å². The quantitative estimate of drug-likeness (QED) is 0.729. The number of sulfonamides is 1. The van der Waals surface area contributed by atoms with Gasteiger partial charge in [-0.2, -0.15) is 4.31 Å². The second-order valence-electron chi connectivity index (χ2n) is 7.01. The number of hydrogen-bond donors (Lipinski definition) is 1. The summed E-state index contributed by atoms with van der Waals surface area (Å²) >= 11 is 0. The number of piperidine rings is 1. The molecule has 0 aliphatic carbocycles. The number of aryl methyl sites for hydroxylation is 1. The molecular weight excluding hydrogens is 388 g/mol. The minimum atomic E-state index is -3.60. The molecule has 0 unspecified atom stereocenters. The molecule has 29 heavy (non-hydrogen) atoms. The molecule has 0 saturated carbocycles. The van der Waals surface area contributed by atoms with Crippen LogP contribution in [0.25, 0.3) is 6.08 Å². The molecule has 3 rings (SSSR count). The normalized spacial score (nSPS) is 15.4. The highest BCUT2D eigenvalue weighted by atomic mass is 32.2. The van der Waals surface area contributed by atoms with Crippen LogP contribution in [0, 0.1) is 6.92 Å². The lowest BCUT2D eigenvalue weighted by Crippen LogP contribution is -2.35. The molecule has 154 valence electrons. The summed E-state index contributed by atoms with van der Waals surface area (Å²) in [6.07, 6.45) is 5.92. The van der Waals surface area contributed by atoms with Gasteiger partial charge < -0.3 is 10.1 Å². The Morgan fingerprint density at radius 3 is 2.52 bits per heavy atom. The Balaban J connectivity index is 1.82. The number of carbonyl (C=O) groups is 1. The number of nitrogens with one attached hydrogen (secondary N) is 1. The number of amides is 1. The first kappa shape index (κ1) is 21.1. The van der Waals surface area contributed by atoms with Gasteiger partial charge in [-0.15, -0.1) is 0 Å². The number of benzene rings is 2. The van der Waals surface area contributed by atoms with E-state index >= 15 is 0 Å². The summed E-state index contributed by atoms with van der Waals surface area (Å²) in [7, 11) is -2.12. The van der Waals surface area contributed by atoms with E-state index in [-0.39, 0.29) is 10.8 Å². The van der Waals surface area contributed by atoms with E-state index in [1.54, 1.807) is 12.1 Å². The molecule has 2 aromatic rings.